The average Bonchev–Trinajstić information content (AvgIpc) is 2.88. The Hall–Kier alpha value is -1.51. The zero-order valence-corrected chi connectivity index (χ0v) is 11.5. The van der Waals surface area contributed by atoms with Crippen LogP contribution in [-0.2, 0) is 6.42 Å². The van der Waals surface area contributed by atoms with Gasteiger partial charge in [-0.05, 0) is 48.9 Å². The summed E-state index contributed by atoms with van der Waals surface area (Å²) in [5.41, 5.74) is 3.26. The molecule has 0 spiro atoms. The highest BCUT2D eigenvalue weighted by atomic mass is 16.1. The summed E-state index contributed by atoms with van der Waals surface area (Å²) >= 11 is 0. The number of fused-ring (bicyclic) bond motifs is 1. The zero-order chi connectivity index (χ0) is 13.2. The molecule has 1 aliphatic carbocycles. The van der Waals surface area contributed by atoms with Crippen molar-refractivity contribution < 1.29 is 4.79 Å². The van der Waals surface area contributed by atoms with Crippen LogP contribution in [-0.4, -0.2) is 18.5 Å². The summed E-state index contributed by atoms with van der Waals surface area (Å²) in [6.45, 7) is 3.23. The minimum atomic E-state index is 0.0912. The summed E-state index contributed by atoms with van der Waals surface area (Å²) in [7, 11) is 0. The number of hydrogen-bond donors (Lipinski definition) is 2. The molecular weight excluding hydrogens is 236 g/mol. The predicted octanol–water partition coefficient (Wildman–Crippen LogP) is 2.96. The Labute approximate surface area is 114 Å². The van der Waals surface area contributed by atoms with Crippen LogP contribution < -0.4 is 10.6 Å². The van der Waals surface area contributed by atoms with E-state index in [1.54, 1.807) is 0 Å². The lowest BCUT2D eigenvalue weighted by molar-refractivity contribution is 0.0910. The van der Waals surface area contributed by atoms with Crippen molar-refractivity contribution in [1.29, 1.82) is 0 Å². The maximum atomic E-state index is 12.3. The van der Waals surface area contributed by atoms with Gasteiger partial charge in [-0.25, -0.2) is 0 Å². The second-order valence-electron chi connectivity index (χ2n) is 5.89. The number of carbonyl (C=O) groups is 1. The van der Waals surface area contributed by atoms with Gasteiger partial charge >= 0.3 is 0 Å². The minimum Gasteiger partial charge on any atom is -0.384 e. The van der Waals surface area contributed by atoms with Crippen LogP contribution in [0.2, 0.25) is 0 Å². The van der Waals surface area contributed by atoms with E-state index in [0.29, 0.717) is 12.0 Å². The number of amides is 1. The van der Waals surface area contributed by atoms with Crippen LogP contribution in [0.3, 0.4) is 0 Å². The van der Waals surface area contributed by atoms with Gasteiger partial charge < -0.3 is 10.6 Å². The number of nitrogens with one attached hydrogen (secondary N) is 2. The molecule has 3 rings (SSSR count). The quantitative estimate of drug-likeness (QED) is 0.856. The lowest BCUT2D eigenvalue weighted by atomic mass is 9.86. The van der Waals surface area contributed by atoms with E-state index in [-0.39, 0.29) is 5.91 Å². The molecule has 1 aliphatic heterocycles. The Kier molecular flexibility index (Phi) is 3.45. The van der Waals surface area contributed by atoms with Crippen molar-refractivity contribution in [2.75, 3.05) is 11.9 Å². The van der Waals surface area contributed by atoms with Gasteiger partial charge in [0.2, 0.25) is 0 Å². The first kappa shape index (κ1) is 12.5. The Morgan fingerprint density at radius 2 is 2.16 bits per heavy atom. The van der Waals surface area contributed by atoms with E-state index < -0.39 is 0 Å². The summed E-state index contributed by atoms with van der Waals surface area (Å²) in [6.07, 6.45) is 5.93. The van der Waals surface area contributed by atoms with Crippen LogP contribution in [0.25, 0.3) is 0 Å². The molecule has 2 aliphatic rings. The van der Waals surface area contributed by atoms with Gasteiger partial charge in [-0.1, -0.05) is 19.8 Å². The number of anilines is 1. The number of hydrogen-bond acceptors (Lipinski definition) is 2. The van der Waals surface area contributed by atoms with Crippen molar-refractivity contribution in [3.63, 3.8) is 0 Å². The van der Waals surface area contributed by atoms with E-state index in [4.69, 9.17) is 0 Å². The first-order valence-corrected chi connectivity index (χ1v) is 7.42. The van der Waals surface area contributed by atoms with Crippen LogP contribution in [0.5, 0.6) is 0 Å². The Morgan fingerprint density at radius 1 is 1.32 bits per heavy atom. The molecule has 2 unspecified atom stereocenters. The van der Waals surface area contributed by atoms with E-state index in [0.717, 1.165) is 24.9 Å². The fraction of sp³-hybridized carbons (Fsp3) is 0.562. The number of carbonyl (C=O) groups excluding carboxylic acids is 1. The molecule has 1 aromatic rings. The molecule has 3 heteroatoms. The Bertz CT molecular complexity index is 484. The van der Waals surface area contributed by atoms with Crippen molar-refractivity contribution in [1.82, 2.24) is 5.32 Å². The van der Waals surface area contributed by atoms with Crippen molar-refractivity contribution >= 4 is 11.6 Å². The van der Waals surface area contributed by atoms with Crippen molar-refractivity contribution in [3.8, 4) is 0 Å². The minimum absolute atomic E-state index is 0.0912. The lowest BCUT2D eigenvalue weighted by Gasteiger charge is -2.29. The highest BCUT2D eigenvalue weighted by molar-refractivity contribution is 5.95. The maximum Gasteiger partial charge on any atom is 0.251 e. The molecular formula is C16H22N2O. The van der Waals surface area contributed by atoms with E-state index >= 15 is 0 Å². The Morgan fingerprint density at radius 3 is 3.00 bits per heavy atom. The molecule has 1 saturated carbocycles. The van der Waals surface area contributed by atoms with Crippen LogP contribution >= 0.6 is 0 Å². The van der Waals surface area contributed by atoms with E-state index in [2.05, 4.69) is 17.6 Å². The molecule has 0 aromatic heterocycles. The van der Waals surface area contributed by atoms with Gasteiger partial charge in [0.15, 0.2) is 0 Å². The third-order valence-electron chi connectivity index (χ3n) is 4.51. The first-order valence-electron chi connectivity index (χ1n) is 7.42. The molecule has 3 nitrogen and oxygen atoms in total. The molecule has 0 radical (unpaired) electrons. The SMILES string of the molecule is CC1CCCCC1NC(=O)c1ccc2c(c1)CCN2. The molecule has 102 valence electrons. The van der Waals surface area contributed by atoms with Crippen molar-refractivity contribution in [2.24, 2.45) is 5.92 Å². The summed E-state index contributed by atoms with van der Waals surface area (Å²) in [6, 6.07) is 6.35. The van der Waals surface area contributed by atoms with Gasteiger partial charge in [-0.3, -0.25) is 4.79 Å². The summed E-state index contributed by atoms with van der Waals surface area (Å²) in [4.78, 5) is 12.3. The topological polar surface area (TPSA) is 41.1 Å². The van der Waals surface area contributed by atoms with Gasteiger partial charge in [-0.15, -0.1) is 0 Å². The molecule has 1 heterocycles. The van der Waals surface area contributed by atoms with Crippen molar-refractivity contribution in [2.45, 2.75) is 45.1 Å². The third-order valence-corrected chi connectivity index (χ3v) is 4.51. The average molecular weight is 258 g/mol. The summed E-state index contributed by atoms with van der Waals surface area (Å²) in [5, 5.41) is 6.54. The molecule has 2 N–H and O–H groups in total. The van der Waals surface area contributed by atoms with Gasteiger partial charge in [0, 0.05) is 23.8 Å². The molecule has 1 amide bonds. The van der Waals surface area contributed by atoms with E-state index in [9.17, 15) is 4.79 Å². The highest BCUT2D eigenvalue weighted by Gasteiger charge is 2.23. The van der Waals surface area contributed by atoms with Gasteiger partial charge in [0.25, 0.3) is 5.91 Å². The van der Waals surface area contributed by atoms with Crippen LogP contribution in [0.1, 0.15) is 48.5 Å². The van der Waals surface area contributed by atoms with Gasteiger partial charge in [-0.2, -0.15) is 0 Å². The van der Waals surface area contributed by atoms with Crippen LogP contribution in [0, 0.1) is 5.92 Å². The van der Waals surface area contributed by atoms with Crippen LogP contribution in [0.4, 0.5) is 5.69 Å². The molecule has 2 atom stereocenters. The standard InChI is InChI=1S/C16H22N2O/c1-11-4-2-3-5-14(11)18-16(19)13-6-7-15-12(10-13)8-9-17-15/h6-7,10-11,14,17H,2-5,8-9H2,1H3,(H,18,19). The second-order valence-corrected chi connectivity index (χ2v) is 5.89. The first-order chi connectivity index (χ1) is 9.24. The monoisotopic (exact) mass is 258 g/mol. The third kappa shape index (κ3) is 2.60. The van der Waals surface area contributed by atoms with Crippen LogP contribution in [0.15, 0.2) is 18.2 Å². The molecule has 0 bridgehead atoms. The van der Waals surface area contributed by atoms with Crippen molar-refractivity contribution in [3.05, 3.63) is 29.3 Å². The lowest BCUT2D eigenvalue weighted by Crippen LogP contribution is -2.41. The number of benzene rings is 1. The second kappa shape index (κ2) is 5.24. The predicted molar refractivity (Wildman–Crippen MR) is 77.5 cm³/mol. The molecule has 1 fully saturated rings. The Balaban J connectivity index is 1.70. The fourth-order valence-corrected chi connectivity index (χ4v) is 3.23. The summed E-state index contributed by atoms with van der Waals surface area (Å²) < 4.78 is 0. The van der Waals surface area contributed by atoms with E-state index in [1.165, 1.54) is 30.5 Å². The number of rotatable bonds is 2. The highest BCUT2D eigenvalue weighted by Crippen LogP contribution is 2.25. The fourth-order valence-electron chi connectivity index (χ4n) is 3.23. The maximum absolute atomic E-state index is 12.3. The van der Waals surface area contributed by atoms with Gasteiger partial charge in [0.1, 0.15) is 0 Å². The molecule has 0 saturated heterocycles. The smallest absolute Gasteiger partial charge is 0.251 e. The normalized spacial score (nSPS) is 25.5. The van der Waals surface area contributed by atoms with Gasteiger partial charge in [0.05, 0.1) is 0 Å². The largest absolute Gasteiger partial charge is 0.384 e. The van der Waals surface area contributed by atoms with E-state index in [1.807, 2.05) is 18.2 Å². The molecule has 1 aromatic carbocycles. The zero-order valence-electron chi connectivity index (χ0n) is 11.5. The summed E-state index contributed by atoms with van der Waals surface area (Å²) in [5.74, 6) is 0.697. The molecule has 19 heavy (non-hydrogen) atoms.